The van der Waals surface area contributed by atoms with Gasteiger partial charge in [0, 0.05) is 18.0 Å². The molecule has 0 unspecified atom stereocenters. The summed E-state index contributed by atoms with van der Waals surface area (Å²) < 4.78 is 11.4. The molecule has 1 rings (SSSR count). The summed E-state index contributed by atoms with van der Waals surface area (Å²) in [6.45, 7) is 9.76. The fraction of sp³-hybridized carbons (Fsp3) is 0.667. The first-order valence-corrected chi connectivity index (χ1v) is 5.58. The highest BCUT2D eigenvalue weighted by atomic mass is 16.7. The molecule has 0 fully saturated rings. The van der Waals surface area contributed by atoms with Crippen LogP contribution in [0.15, 0.2) is 12.4 Å². The maximum Gasteiger partial charge on any atom is 0.187 e. The topological polar surface area (TPSA) is 44.2 Å². The van der Waals surface area contributed by atoms with Gasteiger partial charge in [0.15, 0.2) is 6.29 Å². The molecule has 0 aliphatic heterocycles. The average Bonchev–Trinajstić information content (AvgIpc) is 2.16. The van der Waals surface area contributed by atoms with E-state index in [9.17, 15) is 0 Å². The van der Waals surface area contributed by atoms with Crippen LogP contribution in [0.1, 0.15) is 45.4 Å². The Morgan fingerprint density at radius 2 is 1.38 bits per heavy atom. The lowest BCUT2D eigenvalue weighted by atomic mass is 10.3. The first kappa shape index (κ1) is 13.1. The van der Waals surface area contributed by atoms with Crippen LogP contribution in [0.4, 0.5) is 0 Å². The summed E-state index contributed by atoms with van der Waals surface area (Å²) in [4.78, 5) is 8.29. The lowest BCUT2D eigenvalue weighted by Gasteiger charge is -2.22. The molecule has 0 aliphatic rings. The van der Waals surface area contributed by atoms with E-state index in [0.717, 1.165) is 11.4 Å². The summed E-state index contributed by atoms with van der Waals surface area (Å²) in [6, 6.07) is 0. The van der Waals surface area contributed by atoms with E-state index in [1.165, 1.54) is 0 Å². The third-order valence-corrected chi connectivity index (χ3v) is 1.86. The van der Waals surface area contributed by atoms with Crippen molar-refractivity contribution in [2.75, 3.05) is 0 Å². The van der Waals surface area contributed by atoms with E-state index in [1.54, 1.807) is 12.4 Å². The molecule has 0 atom stereocenters. The second-order valence-corrected chi connectivity index (χ2v) is 4.27. The van der Waals surface area contributed by atoms with Gasteiger partial charge < -0.3 is 9.47 Å². The second kappa shape index (κ2) is 5.92. The van der Waals surface area contributed by atoms with Crippen molar-refractivity contribution < 1.29 is 9.47 Å². The molecule has 16 heavy (non-hydrogen) atoms. The highest BCUT2D eigenvalue weighted by Crippen LogP contribution is 2.21. The maximum atomic E-state index is 5.68. The molecule has 0 amide bonds. The van der Waals surface area contributed by atoms with Crippen molar-refractivity contribution in [2.24, 2.45) is 0 Å². The van der Waals surface area contributed by atoms with E-state index in [0.29, 0.717) is 0 Å². The second-order valence-electron chi connectivity index (χ2n) is 4.27. The van der Waals surface area contributed by atoms with E-state index < -0.39 is 0 Å². The van der Waals surface area contributed by atoms with Crippen LogP contribution in [0.25, 0.3) is 0 Å². The number of nitrogens with zero attached hydrogens (tertiary/aromatic N) is 2. The molecule has 0 radical (unpaired) electrons. The van der Waals surface area contributed by atoms with Crippen LogP contribution >= 0.6 is 0 Å². The van der Waals surface area contributed by atoms with Gasteiger partial charge in [0.05, 0.1) is 12.2 Å². The molecule has 0 saturated heterocycles. The van der Waals surface area contributed by atoms with Crippen LogP contribution in [0.3, 0.4) is 0 Å². The predicted molar refractivity (Wildman–Crippen MR) is 62.0 cm³/mol. The smallest absolute Gasteiger partial charge is 0.187 e. The third-order valence-electron chi connectivity index (χ3n) is 1.86. The standard InChI is InChI=1S/C12H20N2O2/c1-8(2)15-12(16-9(3)4)11-6-13-10(5)14-7-11/h6-9,12H,1-5H3. The van der Waals surface area contributed by atoms with Gasteiger partial charge in [-0.1, -0.05) is 0 Å². The van der Waals surface area contributed by atoms with Crippen LogP contribution in [-0.2, 0) is 9.47 Å². The van der Waals surface area contributed by atoms with E-state index in [4.69, 9.17) is 9.47 Å². The molecule has 0 saturated carbocycles. The fourth-order valence-corrected chi connectivity index (χ4v) is 1.21. The van der Waals surface area contributed by atoms with E-state index in [-0.39, 0.29) is 18.5 Å². The molecular formula is C12H20N2O2. The number of hydrogen-bond acceptors (Lipinski definition) is 4. The van der Waals surface area contributed by atoms with Crippen molar-refractivity contribution in [3.63, 3.8) is 0 Å². The van der Waals surface area contributed by atoms with Crippen molar-refractivity contribution >= 4 is 0 Å². The van der Waals surface area contributed by atoms with Crippen LogP contribution in [-0.4, -0.2) is 22.2 Å². The molecule has 4 nitrogen and oxygen atoms in total. The predicted octanol–water partition coefficient (Wildman–Crippen LogP) is 2.63. The zero-order valence-corrected chi connectivity index (χ0v) is 10.6. The molecule has 0 N–H and O–H groups in total. The van der Waals surface area contributed by atoms with E-state index >= 15 is 0 Å². The Kier molecular flexibility index (Phi) is 4.83. The SMILES string of the molecule is Cc1ncc(C(OC(C)C)OC(C)C)cn1. The van der Waals surface area contributed by atoms with E-state index in [2.05, 4.69) is 9.97 Å². The Balaban J connectivity index is 2.78. The van der Waals surface area contributed by atoms with Gasteiger partial charge >= 0.3 is 0 Å². The maximum absolute atomic E-state index is 5.68. The zero-order chi connectivity index (χ0) is 12.1. The van der Waals surface area contributed by atoms with Gasteiger partial charge in [0.25, 0.3) is 0 Å². The largest absolute Gasteiger partial charge is 0.346 e. The molecule has 0 spiro atoms. The summed E-state index contributed by atoms with van der Waals surface area (Å²) in [5.74, 6) is 0.747. The molecule has 4 heteroatoms. The summed E-state index contributed by atoms with van der Waals surface area (Å²) in [5, 5.41) is 0. The van der Waals surface area contributed by atoms with Crippen molar-refractivity contribution in [3.05, 3.63) is 23.8 Å². The van der Waals surface area contributed by atoms with Crippen molar-refractivity contribution in [2.45, 2.75) is 53.1 Å². The number of aromatic nitrogens is 2. The Morgan fingerprint density at radius 1 is 0.938 bits per heavy atom. The molecule has 1 heterocycles. The Hall–Kier alpha value is -1.00. The first-order chi connectivity index (χ1) is 7.49. The zero-order valence-electron chi connectivity index (χ0n) is 10.6. The third kappa shape index (κ3) is 4.24. The summed E-state index contributed by atoms with van der Waals surface area (Å²) in [5.41, 5.74) is 0.855. The Bertz CT molecular complexity index is 299. The minimum Gasteiger partial charge on any atom is -0.346 e. The van der Waals surface area contributed by atoms with Crippen molar-refractivity contribution in [1.82, 2.24) is 9.97 Å². The lowest BCUT2D eigenvalue weighted by molar-refractivity contribution is -0.185. The number of ether oxygens (including phenoxy) is 2. The van der Waals surface area contributed by atoms with Crippen molar-refractivity contribution in [1.29, 1.82) is 0 Å². The molecule has 1 aromatic rings. The molecule has 1 aromatic heterocycles. The van der Waals surface area contributed by atoms with Gasteiger partial charge in [0.1, 0.15) is 5.82 Å². The fourth-order valence-electron chi connectivity index (χ4n) is 1.21. The van der Waals surface area contributed by atoms with E-state index in [1.807, 2.05) is 34.6 Å². The Labute approximate surface area is 97.0 Å². The van der Waals surface area contributed by atoms with Gasteiger partial charge in [-0.05, 0) is 34.6 Å². The molecule has 0 aromatic carbocycles. The van der Waals surface area contributed by atoms with Gasteiger partial charge in [-0.2, -0.15) is 0 Å². The number of hydrogen-bond donors (Lipinski definition) is 0. The number of rotatable bonds is 5. The van der Waals surface area contributed by atoms with Crippen LogP contribution < -0.4 is 0 Å². The summed E-state index contributed by atoms with van der Waals surface area (Å²) in [6.07, 6.45) is 3.31. The van der Waals surface area contributed by atoms with Gasteiger partial charge in [-0.15, -0.1) is 0 Å². The van der Waals surface area contributed by atoms with Gasteiger partial charge in [0.2, 0.25) is 0 Å². The summed E-state index contributed by atoms with van der Waals surface area (Å²) >= 11 is 0. The normalized spacial score (nSPS) is 11.8. The highest BCUT2D eigenvalue weighted by Gasteiger charge is 2.16. The highest BCUT2D eigenvalue weighted by molar-refractivity contribution is 5.06. The Morgan fingerprint density at radius 3 is 1.75 bits per heavy atom. The molecule has 0 aliphatic carbocycles. The minimum absolute atomic E-state index is 0.102. The first-order valence-electron chi connectivity index (χ1n) is 5.58. The quantitative estimate of drug-likeness (QED) is 0.721. The lowest BCUT2D eigenvalue weighted by Crippen LogP contribution is -2.18. The molecular weight excluding hydrogens is 204 g/mol. The van der Waals surface area contributed by atoms with Gasteiger partial charge in [-0.3, -0.25) is 0 Å². The van der Waals surface area contributed by atoms with Gasteiger partial charge in [-0.25, -0.2) is 9.97 Å². The number of aryl methyl sites for hydroxylation is 1. The monoisotopic (exact) mass is 224 g/mol. The average molecular weight is 224 g/mol. The van der Waals surface area contributed by atoms with Crippen LogP contribution in [0.2, 0.25) is 0 Å². The molecule has 0 bridgehead atoms. The van der Waals surface area contributed by atoms with Crippen LogP contribution in [0.5, 0.6) is 0 Å². The molecule has 90 valence electrons. The minimum atomic E-state index is -0.388. The van der Waals surface area contributed by atoms with Crippen molar-refractivity contribution in [3.8, 4) is 0 Å². The summed E-state index contributed by atoms with van der Waals surface area (Å²) in [7, 11) is 0. The van der Waals surface area contributed by atoms with Crippen LogP contribution in [0, 0.1) is 6.92 Å².